The quantitative estimate of drug-likeness (QED) is 0.822. The second-order valence-electron chi connectivity index (χ2n) is 4.79. The summed E-state index contributed by atoms with van der Waals surface area (Å²) in [5, 5.41) is 2.83. The van der Waals surface area contributed by atoms with E-state index in [9.17, 15) is 4.79 Å². The largest absolute Gasteiger partial charge is 0.495 e. The summed E-state index contributed by atoms with van der Waals surface area (Å²) in [7, 11) is 1.58. The predicted molar refractivity (Wildman–Crippen MR) is 69.1 cm³/mol. The normalized spacial score (nSPS) is 11.1. The van der Waals surface area contributed by atoms with Crippen LogP contribution in [0.2, 0.25) is 0 Å². The number of hydrogen-bond acceptors (Lipinski definition) is 3. The van der Waals surface area contributed by atoms with Crippen molar-refractivity contribution in [2.24, 2.45) is 11.1 Å². The van der Waals surface area contributed by atoms with Gasteiger partial charge in [0.05, 0.1) is 12.8 Å². The molecule has 0 saturated heterocycles. The number of nitrogens with two attached hydrogens (primary N) is 1. The fraction of sp³-hybridized carbons (Fsp3) is 0.462. The Bertz CT molecular complexity index is 389. The van der Waals surface area contributed by atoms with Crippen LogP contribution >= 0.6 is 0 Å². The molecular weight excluding hydrogens is 216 g/mol. The lowest BCUT2D eigenvalue weighted by Crippen LogP contribution is -2.29. The highest BCUT2D eigenvalue weighted by molar-refractivity contribution is 5.92. The van der Waals surface area contributed by atoms with Crippen molar-refractivity contribution in [2.45, 2.75) is 20.3 Å². The number of anilines is 1. The minimum absolute atomic E-state index is 0.0510. The first kappa shape index (κ1) is 13.5. The standard InChI is InChI=1S/C13H20N2O2/c1-13(2,9-14)8-12(16)15-10-6-4-5-7-11(10)17-3/h4-7H,8-9,14H2,1-3H3,(H,15,16). The summed E-state index contributed by atoms with van der Waals surface area (Å²) in [5.74, 6) is 0.608. The van der Waals surface area contributed by atoms with Gasteiger partial charge < -0.3 is 15.8 Å². The van der Waals surface area contributed by atoms with E-state index in [4.69, 9.17) is 10.5 Å². The van der Waals surface area contributed by atoms with Gasteiger partial charge >= 0.3 is 0 Å². The average Bonchev–Trinajstić information content (AvgIpc) is 2.29. The first-order valence-electron chi connectivity index (χ1n) is 5.61. The van der Waals surface area contributed by atoms with Crippen molar-refractivity contribution in [2.75, 3.05) is 19.0 Å². The molecule has 0 aliphatic heterocycles. The fourth-order valence-corrected chi connectivity index (χ4v) is 1.45. The van der Waals surface area contributed by atoms with Crippen LogP contribution in [-0.4, -0.2) is 19.6 Å². The Kier molecular flexibility index (Phi) is 4.52. The number of carbonyl (C=O) groups is 1. The van der Waals surface area contributed by atoms with E-state index in [0.29, 0.717) is 24.4 Å². The molecule has 0 aliphatic carbocycles. The number of methoxy groups -OCH3 is 1. The molecule has 0 radical (unpaired) electrons. The van der Waals surface area contributed by atoms with Gasteiger partial charge in [-0.3, -0.25) is 4.79 Å². The number of amides is 1. The highest BCUT2D eigenvalue weighted by atomic mass is 16.5. The van der Waals surface area contributed by atoms with Crippen molar-refractivity contribution in [3.8, 4) is 5.75 Å². The Hall–Kier alpha value is -1.55. The molecule has 4 heteroatoms. The molecular formula is C13H20N2O2. The van der Waals surface area contributed by atoms with E-state index in [1.165, 1.54) is 0 Å². The lowest BCUT2D eigenvalue weighted by atomic mass is 9.89. The Balaban J connectivity index is 2.68. The number of rotatable bonds is 5. The van der Waals surface area contributed by atoms with E-state index in [-0.39, 0.29) is 11.3 Å². The van der Waals surface area contributed by atoms with Gasteiger partial charge in [0.25, 0.3) is 0 Å². The lowest BCUT2D eigenvalue weighted by molar-refractivity contribution is -0.117. The molecule has 3 N–H and O–H groups in total. The Morgan fingerprint density at radius 3 is 2.65 bits per heavy atom. The summed E-state index contributed by atoms with van der Waals surface area (Å²) in [4.78, 5) is 11.8. The van der Waals surface area contributed by atoms with Gasteiger partial charge in [-0.25, -0.2) is 0 Å². The molecule has 4 nitrogen and oxygen atoms in total. The number of benzene rings is 1. The zero-order chi connectivity index (χ0) is 12.9. The van der Waals surface area contributed by atoms with Crippen molar-refractivity contribution in [1.29, 1.82) is 0 Å². The molecule has 0 aliphatic rings. The van der Waals surface area contributed by atoms with Crippen LogP contribution in [-0.2, 0) is 4.79 Å². The molecule has 17 heavy (non-hydrogen) atoms. The topological polar surface area (TPSA) is 64.3 Å². The molecule has 0 heterocycles. The van der Waals surface area contributed by atoms with E-state index in [0.717, 1.165) is 0 Å². The van der Waals surface area contributed by atoms with Gasteiger partial charge in [0.1, 0.15) is 5.75 Å². The minimum Gasteiger partial charge on any atom is -0.495 e. The van der Waals surface area contributed by atoms with Crippen LogP contribution in [0.1, 0.15) is 20.3 Å². The monoisotopic (exact) mass is 236 g/mol. The molecule has 0 unspecified atom stereocenters. The third-order valence-electron chi connectivity index (χ3n) is 2.57. The first-order valence-corrected chi connectivity index (χ1v) is 5.61. The van der Waals surface area contributed by atoms with Crippen LogP contribution < -0.4 is 15.8 Å². The third kappa shape index (κ3) is 4.07. The molecule has 0 atom stereocenters. The van der Waals surface area contributed by atoms with Gasteiger partial charge in [-0.1, -0.05) is 26.0 Å². The smallest absolute Gasteiger partial charge is 0.225 e. The Morgan fingerprint density at radius 2 is 2.06 bits per heavy atom. The van der Waals surface area contributed by atoms with Gasteiger partial charge in [-0.05, 0) is 24.1 Å². The van der Waals surface area contributed by atoms with E-state index in [1.807, 2.05) is 38.1 Å². The highest BCUT2D eigenvalue weighted by Crippen LogP contribution is 2.25. The first-order chi connectivity index (χ1) is 7.98. The van der Waals surface area contributed by atoms with Gasteiger partial charge in [0, 0.05) is 6.42 Å². The fourth-order valence-electron chi connectivity index (χ4n) is 1.45. The summed E-state index contributed by atoms with van der Waals surface area (Å²) in [6.07, 6.45) is 0.390. The minimum atomic E-state index is -0.188. The van der Waals surface area contributed by atoms with Crippen molar-refractivity contribution < 1.29 is 9.53 Å². The maximum atomic E-state index is 11.8. The summed E-state index contributed by atoms with van der Waals surface area (Å²) in [6.45, 7) is 4.41. The SMILES string of the molecule is COc1ccccc1NC(=O)CC(C)(C)CN. The van der Waals surface area contributed by atoms with Gasteiger partial charge in [0.2, 0.25) is 5.91 Å². The Morgan fingerprint density at radius 1 is 1.41 bits per heavy atom. The highest BCUT2D eigenvalue weighted by Gasteiger charge is 2.20. The van der Waals surface area contributed by atoms with Gasteiger partial charge in [-0.15, -0.1) is 0 Å². The molecule has 0 aromatic heterocycles. The van der Waals surface area contributed by atoms with Gasteiger partial charge in [-0.2, -0.15) is 0 Å². The molecule has 94 valence electrons. The molecule has 1 aromatic rings. The second-order valence-corrected chi connectivity index (χ2v) is 4.79. The maximum absolute atomic E-state index is 11.8. The summed E-state index contributed by atoms with van der Waals surface area (Å²) in [6, 6.07) is 7.33. The van der Waals surface area contributed by atoms with Crippen molar-refractivity contribution in [3.05, 3.63) is 24.3 Å². The summed E-state index contributed by atoms with van der Waals surface area (Å²) < 4.78 is 5.16. The van der Waals surface area contributed by atoms with E-state index >= 15 is 0 Å². The number of para-hydroxylation sites is 2. The number of carbonyl (C=O) groups excluding carboxylic acids is 1. The van der Waals surface area contributed by atoms with Crippen molar-refractivity contribution in [3.63, 3.8) is 0 Å². The van der Waals surface area contributed by atoms with Crippen LogP contribution in [0.4, 0.5) is 5.69 Å². The average molecular weight is 236 g/mol. The van der Waals surface area contributed by atoms with Crippen LogP contribution in [0.3, 0.4) is 0 Å². The van der Waals surface area contributed by atoms with Crippen LogP contribution in [0, 0.1) is 5.41 Å². The van der Waals surface area contributed by atoms with Gasteiger partial charge in [0.15, 0.2) is 0 Å². The molecule has 1 amide bonds. The van der Waals surface area contributed by atoms with Crippen LogP contribution in [0.15, 0.2) is 24.3 Å². The Labute approximate surface area is 102 Å². The third-order valence-corrected chi connectivity index (χ3v) is 2.57. The summed E-state index contributed by atoms with van der Waals surface area (Å²) >= 11 is 0. The van der Waals surface area contributed by atoms with E-state index in [1.54, 1.807) is 7.11 Å². The number of hydrogen-bond donors (Lipinski definition) is 2. The molecule has 0 bridgehead atoms. The maximum Gasteiger partial charge on any atom is 0.225 e. The van der Waals surface area contributed by atoms with Crippen molar-refractivity contribution in [1.82, 2.24) is 0 Å². The molecule has 0 fully saturated rings. The van der Waals surface area contributed by atoms with E-state index < -0.39 is 0 Å². The molecule has 0 spiro atoms. The zero-order valence-electron chi connectivity index (χ0n) is 10.6. The summed E-state index contributed by atoms with van der Waals surface area (Å²) in [5.41, 5.74) is 6.10. The lowest BCUT2D eigenvalue weighted by Gasteiger charge is -2.21. The predicted octanol–water partition coefficient (Wildman–Crippen LogP) is 2.01. The van der Waals surface area contributed by atoms with Crippen LogP contribution in [0.5, 0.6) is 5.75 Å². The number of ether oxygens (including phenoxy) is 1. The molecule has 1 aromatic carbocycles. The molecule has 1 rings (SSSR count). The van der Waals surface area contributed by atoms with Crippen molar-refractivity contribution >= 4 is 11.6 Å². The number of nitrogens with one attached hydrogen (secondary N) is 1. The van der Waals surface area contributed by atoms with Crippen LogP contribution in [0.25, 0.3) is 0 Å². The molecule has 0 saturated carbocycles. The second kappa shape index (κ2) is 5.68. The zero-order valence-corrected chi connectivity index (χ0v) is 10.6. The van der Waals surface area contributed by atoms with E-state index in [2.05, 4.69) is 5.32 Å².